The van der Waals surface area contributed by atoms with Gasteiger partial charge in [0.25, 0.3) is 0 Å². The highest BCUT2D eigenvalue weighted by Gasteiger charge is 2.06. The van der Waals surface area contributed by atoms with Crippen LogP contribution in [-0.4, -0.2) is 12.1 Å². The molecule has 0 atom stereocenters. The van der Waals surface area contributed by atoms with Gasteiger partial charge < -0.3 is 10.5 Å². The van der Waals surface area contributed by atoms with Crippen molar-refractivity contribution in [2.24, 2.45) is 5.73 Å². The molecule has 0 radical (unpaired) electrons. The van der Waals surface area contributed by atoms with E-state index in [1.54, 1.807) is 7.11 Å². The molecule has 1 aromatic rings. The Morgan fingerprint density at radius 3 is 2.67 bits per heavy atom. The Kier molecular flexibility index (Phi) is 2.65. The maximum absolute atomic E-state index is 5.56. The number of aryl methyl sites for hydroxylation is 2. The van der Waals surface area contributed by atoms with Crippen LogP contribution in [0.5, 0.6) is 5.75 Å². The highest BCUT2D eigenvalue weighted by atomic mass is 16.5. The Morgan fingerprint density at radius 1 is 1.50 bits per heavy atom. The Balaban J connectivity index is 3.24. The van der Waals surface area contributed by atoms with Crippen molar-refractivity contribution in [3.05, 3.63) is 23.0 Å². The van der Waals surface area contributed by atoms with E-state index in [0.29, 0.717) is 6.54 Å². The molecule has 0 amide bonds. The average Bonchev–Trinajstić information content (AvgIpc) is 2.03. The summed E-state index contributed by atoms with van der Waals surface area (Å²) in [6, 6.07) is 1.90. The SMILES string of the molecule is COc1cc(C)nc(C)c1CN. The van der Waals surface area contributed by atoms with Gasteiger partial charge >= 0.3 is 0 Å². The van der Waals surface area contributed by atoms with Crippen molar-refractivity contribution in [2.75, 3.05) is 7.11 Å². The second-order valence-electron chi connectivity index (χ2n) is 2.73. The molecule has 1 rings (SSSR count). The lowest BCUT2D eigenvalue weighted by atomic mass is 10.1. The Hall–Kier alpha value is -1.09. The van der Waals surface area contributed by atoms with Crippen molar-refractivity contribution in [1.29, 1.82) is 0 Å². The van der Waals surface area contributed by atoms with E-state index in [1.165, 1.54) is 0 Å². The number of hydrogen-bond acceptors (Lipinski definition) is 3. The summed E-state index contributed by atoms with van der Waals surface area (Å²) in [6.07, 6.45) is 0. The molecule has 0 unspecified atom stereocenters. The van der Waals surface area contributed by atoms with E-state index in [4.69, 9.17) is 10.5 Å². The zero-order chi connectivity index (χ0) is 9.14. The van der Waals surface area contributed by atoms with Crippen LogP contribution in [0, 0.1) is 13.8 Å². The van der Waals surface area contributed by atoms with Gasteiger partial charge in [-0.05, 0) is 13.8 Å². The quantitative estimate of drug-likeness (QED) is 0.717. The number of nitrogens with two attached hydrogens (primary N) is 1. The third-order valence-electron chi connectivity index (χ3n) is 1.84. The van der Waals surface area contributed by atoms with Gasteiger partial charge in [0.2, 0.25) is 0 Å². The number of ether oxygens (including phenoxy) is 1. The van der Waals surface area contributed by atoms with Crippen LogP contribution in [0.1, 0.15) is 17.0 Å². The lowest BCUT2D eigenvalue weighted by molar-refractivity contribution is 0.408. The van der Waals surface area contributed by atoms with Crippen LogP contribution < -0.4 is 10.5 Å². The molecule has 0 bridgehead atoms. The van der Waals surface area contributed by atoms with E-state index in [2.05, 4.69) is 4.98 Å². The number of aromatic nitrogens is 1. The number of hydrogen-bond donors (Lipinski definition) is 1. The van der Waals surface area contributed by atoms with Gasteiger partial charge in [0.05, 0.1) is 7.11 Å². The van der Waals surface area contributed by atoms with Crippen LogP contribution >= 0.6 is 0 Å². The molecule has 0 aliphatic rings. The summed E-state index contributed by atoms with van der Waals surface area (Å²) in [4.78, 5) is 4.29. The second kappa shape index (κ2) is 3.54. The van der Waals surface area contributed by atoms with Gasteiger partial charge in [-0.2, -0.15) is 0 Å². The van der Waals surface area contributed by atoms with E-state index < -0.39 is 0 Å². The van der Waals surface area contributed by atoms with Gasteiger partial charge in [0, 0.05) is 29.6 Å². The predicted octanol–water partition coefficient (Wildman–Crippen LogP) is 1.17. The monoisotopic (exact) mass is 166 g/mol. The second-order valence-corrected chi connectivity index (χ2v) is 2.73. The van der Waals surface area contributed by atoms with Gasteiger partial charge in [0.15, 0.2) is 0 Å². The fourth-order valence-electron chi connectivity index (χ4n) is 1.25. The van der Waals surface area contributed by atoms with Gasteiger partial charge in [-0.1, -0.05) is 0 Å². The molecular weight excluding hydrogens is 152 g/mol. The fraction of sp³-hybridized carbons (Fsp3) is 0.444. The molecule has 0 spiro atoms. The molecule has 0 aliphatic heterocycles. The molecule has 12 heavy (non-hydrogen) atoms. The highest BCUT2D eigenvalue weighted by molar-refractivity contribution is 5.37. The van der Waals surface area contributed by atoms with Gasteiger partial charge in [-0.15, -0.1) is 0 Å². The Bertz CT molecular complexity index is 284. The van der Waals surface area contributed by atoms with Crippen LogP contribution in [0.3, 0.4) is 0 Å². The first-order valence-corrected chi connectivity index (χ1v) is 3.90. The third kappa shape index (κ3) is 1.56. The first-order valence-electron chi connectivity index (χ1n) is 3.90. The molecule has 0 fully saturated rings. The van der Waals surface area contributed by atoms with Crippen molar-refractivity contribution in [1.82, 2.24) is 4.98 Å². The van der Waals surface area contributed by atoms with E-state index in [1.807, 2.05) is 19.9 Å². The summed E-state index contributed by atoms with van der Waals surface area (Å²) >= 11 is 0. The van der Waals surface area contributed by atoms with Crippen molar-refractivity contribution < 1.29 is 4.74 Å². The van der Waals surface area contributed by atoms with Crippen LogP contribution in [0.15, 0.2) is 6.07 Å². The molecule has 0 aliphatic carbocycles. The van der Waals surface area contributed by atoms with Crippen molar-refractivity contribution in [3.8, 4) is 5.75 Å². The molecule has 3 heteroatoms. The highest BCUT2D eigenvalue weighted by Crippen LogP contribution is 2.20. The third-order valence-corrected chi connectivity index (χ3v) is 1.84. The first-order chi connectivity index (χ1) is 5.69. The summed E-state index contributed by atoms with van der Waals surface area (Å²) in [5.41, 5.74) is 8.46. The molecule has 1 heterocycles. The summed E-state index contributed by atoms with van der Waals surface area (Å²) in [5, 5.41) is 0. The average molecular weight is 166 g/mol. The zero-order valence-corrected chi connectivity index (χ0v) is 7.72. The number of rotatable bonds is 2. The zero-order valence-electron chi connectivity index (χ0n) is 7.72. The van der Waals surface area contributed by atoms with E-state index in [0.717, 1.165) is 22.7 Å². The summed E-state index contributed by atoms with van der Waals surface area (Å²) < 4.78 is 5.18. The molecule has 2 N–H and O–H groups in total. The standard InChI is InChI=1S/C9H14N2O/c1-6-4-9(12-3)8(5-10)7(2)11-6/h4H,5,10H2,1-3H3. The minimum absolute atomic E-state index is 0.474. The van der Waals surface area contributed by atoms with Gasteiger partial charge in [-0.3, -0.25) is 4.98 Å². The molecule has 3 nitrogen and oxygen atoms in total. The predicted molar refractivity (Wildman–Crippen MR) is 48.2 cm³/mol. The number of nitrogens with zero attached hydrogens (tertiary/aromatic N) is 1. The lowest BCUT2D eigenvalue weighted by Gasteiger charge is -2.09. The smallest absolute Gasteiger partial charge is 0.126 e. The van der Waals surface area contributed by atoms with E-state index in [-0.39, 0.29) is 0 Å². The fourth-order valence-corrected chi connectivity index (χ4v) is 1.25. The Morgan fingerprint density at radius 2 is 2.17 bits per heavy atom. The molecule has 0 saturated carbocycles. The topological polar surface area (TPSA) is 48.1 Å². The lowest BCUT2D eigenvalue weighted by Crippen LogP contribution is -2.04. The van der Waals surface area contributed by atoms with E-state index in [9.17, 15) is 0 Å². The first kappa shape index (κ1) is 9.00. The van der Waals surface area contributed by atoms with Crippen molar-refractivity contribution in [3.63, 3.8) is 0 Å². The summed E-state index contributed by atoms with van der Waals surface area (Å²) in [7, 11) is 1.65. The summed E-state index contributed by atoms with van der Waals surface area (Å²) in [5.74, 6) is 0.836. The molecule has 0 aromatic carbocycles. The minimum Gasteiger partial charge on any atom is -0.496 e. The van der Waals surface area contributed by atoms with Crippen LogP contribution in [0.4, 0.5) is 0 Å². The number of methoxy groups -OCH3 is 1. The van der Waals surface area contributed by atoms with Crippen LogP contribution in [0.2, 0.25) is 0 Å². The van der Waals surface area contributed by atoms with Crippen molar-refractivity contribution >= 4 is 0 Å². The van der Waals surface area contributed by atoms with Crippen molar-refractivity contribution in [2.45, 2.75) is 20.4 Å². The number of pyridine rings is 1. The summed E-state index contributed by atoms with van der Waals surface area (Å²) in [6.45, 7) is 4.36. The maximum atomic E-state index is 5.56. The van der Waals surface area contributed by atoms with Gasteiger partial charge in [-0.25, -0.2) is 0 Å². The van der Waals surface area contributed by atoms with Crippen LogP contribution in [0.25, 0.3) is 0 Å². The van der Waals surface area contributed by atoms with Gasteiger partial charge in [0.1, 0.15) is 5.75 Å². The molecule has 0 saturated heterocycles. The maximum Gasteiger partial charge on any atom is 0.126 e. The van der Waals surface area contributed by atoms with Crippen LogP contribution in [-0.2, 0) is 6.54 Å². The minimum atomic E-state index is 0.474. The largest absolute Gasteiger partial charge is 0.496 e. The molecule has 66 valence electrons. The molecule has 1 aromatic heterocycles. The van der Waals surface area contributed by atoms with E-state index >= 15 is 0 Å². The molecular formula is C9H14N2O. The normalized spacial score (nSPS) is 10.0. The Labute approximate surface area is 72.6 Å².